The third-order valence-corrected chi connectivity index (χ3v) is 2.94. The second-order valence-corrected chi connectivity index (χ2v) is 3.90. The maximum Gasteiger partial charge on any atom is 0.203 e. The van der Waals surface area contributed by atoms with Gasteiger partial charge >= 0.3 is 0 Å². The van der Waals surface area contributed by atoms with Gasteiger partial charge in [-0.3, -0.25) is 0 Å². The lowest BCUT2D eigenvalue weighted by Crippen LogP contribution is -1.98. The molecule has 0 unspecified atom stereocenters. The van der Waals surface area contributed by atoms with Crippen molar-refractivity contribution in [1.82, 2.24) is 0 Å². The van der Waals surface area contributed by atoms with Gasteiger partial charge in [-0.15, -0.1) is 0 Å². The summed E-state index contributed by atoms with van der Waals surface area (Å²) >= 11 is 0. The van der Waals surface area contributed by atoms with Crippen LogP contribution in [-0.2, 0) is 6.54 Å². The van der Waals surface area contributed by atoms with E-state index in [4.69, 9.17) is 19.9 Å². The number of hydrogen-bond donors (Lipinski definition) is 1. The molecule has 0 aliphatic rings. The smallest absolute Gasteiger partial charge is 0.203 e. The van der Waals surface area contributed by atoms with Crippen LogP contribution in [0.15, 0.2) is 24.3 Å². The summed E-state index contributed by atoms with van der Waals surface area (Å²) in [6.07, 6.45) is 0. The van der Waals surface area contributed by atoms with Crippen LogP contribution in [0.5, 0.6) is 17.2 Å². The average Bonchev–Trinajstić information content (AvgIpc) is 2.44. The summed E-state index contributed by atoms with van der Waals surface area (Å²) < 4.78 is 16.1. The molecule has 0 saturated carbocycles. The highest BCUT2D eigenvalue weighted by Gasteiger charge is 2.15. The minimum Gasteiger partial charge on any atom is -0.493 e. The Kier molecular flexibility index (Phi) is 3.58. The van der Waals surface area contributed by atoms with Crippen molar-refractivity contribution in [3.63, 3.8) is 0 Å². The van der Waals surface area contributed by atoms with Crippen LogP contribution < -0.4 is 19.9 Å². The van der Waals surface area contributed by atoms with E-state index in [1.165, 1.54) is 0 Å². The van der Waals surface area contributed by atoms with E-state index in [9.17, 15) is 0 Å². The van der Waals surface area contributed by atoms with Gasteiger partial charge in [0.05, 0.1) is 21.3 Å². The van der Waals surface area contributed by atoms with E-state index in [0.29, 0.717) is 23.8 Å². The lowest BCUT2D eigenvalue weighted by molar-refractivity contribution is 0.327. The van der Waals surface area contributed by atoms with Crippen LogP contribution >= 0.6 is 0 Å². The first-order valence-electron chi connectivity index (χ1n) is 5.66. The van der Waals surface area contributed by atoms with Gasteiger partial charge in [-0.05, 0) is 23.1 Å². The topological polar surface area (TPSA) is 53.7 Å². The molecular weight excluding hydrogens is 230 g/mol. The normalized spacial score (nSPS) is 10.4. The Morgan fingerprint density at radius 2 is 1.67 bits per heavy atom. The molecule has 0 aliphatic heterocycles. The fourth-order valence-electron chi connectivity index (χ4n) is 2.05. The summed E-state index contributed by atoms with van der Waals surface area (Å²) in [5.74, 6) is 1.93. The average molecular weight is 247 g/mol. The van der Waals surface area contributed by atoms with Crippen molar-refractivity contribution in [3.05, 3.63) is 29.8 Å². The number of methoxy groups -OCH3 is 3. The lowest BCUT2D eigenvalue weighted by Gasteiger charge is -2.15. The number of hydrogen-bond acceptors (Lipinski definition) is 4. The molecule has 0 aliphatic carbocycles. The van der Waals surface area contributed by atoms with Crippen molar-refractivity contribution in [3.8, 4) is 17.2 Å². The van der Waals surface area contributed by atoms with Crippen LogP contribution in [0.2, 0.25) is 0 Å². The summed E-state index contributed by atoms with van der Waals surface area (Å²) in [6, 6.07) is 7.92. The highest BCUT2D eigenvalue weighted by Crippen LogP contribution is 2.43. The van der Waals surface area contributed by atoms with Crippen molar-refractivity contribution >= 4 is 10.8 Å². The molecule has 2 aromatic rings. The highest BCUT2D eigenvalue weighted by atomic mass is 16.5. The number of ether oxygens (including phenoxy) is 3. The van der Waals surface area contributed by atoms with Crippen LogP contribution in [0.3, 0.4) is 0 Å². The van der Waals surface area contributed by atoms with Gasteiger partial charge in [-0.2, -0.15) is 0 Å². The Balaban J connectivity index is 2.78. The number of benzene rings is 2. The van der Waals surface area contributed by atoms with E-state index in [-0.39, 0.29) is 0 Å². The van der Waals surface area contributed by atoms with Crippen molar-refractivity contribution in [2.45, 2.75) is 6.54 Å². The molecule has 0 spiro atoms. The summed E-state index contributed by atoms with van der Waals surface area (Å²) in [5.41, 5.74) is 6.72. The molecule has 96 valence electrons. The summed E-state index contributed by atoms with van der Waals surface area (Å²) in [4.78, 5) is 0. The molecule has 4 nitrogen and oxygen atoms in total. The molecule has 0 fully saturated rings. The molecule has 0 radical (unpaired) electrons. The maximum absolute atomic E-state index is 5.65. The van der Waals surface area contributed by atoms with Crippen molar-refractivity contribution in [1.29, 1.82) is 0 Å². The van der Waals surface area contributed by atoms with Crippen LogP contribution in [-0.4, -0.2) is 21.3 Å². The van der Waals surface area contributed by atoms with E-state index in [1.807, 2.05) is 24.3 Å². The van der Waals surface area contributed by atoms with Gasteiger partial charge in [0, 0.05) is 11.9 Å². The van der Waals surface area contributed by atoms with Crippen LogP contribution in [0, 0.1) is 0 Å². The van der Waals surface area contributed by atoms with Crippen LogP contribution in [0.25, 0.3) is 10.8 Å². The van der Waals surface area contributed by atoms with Gasteiger partial charge in [0.2, 0.25) is 5.75 Å². The summed E-state index contributed by atoms with van der Waals surface area (Å²) in [6.45, 7) is 0.507. The van der Waals surface area contributed by atoms with Gasteiger partial charge in [0.25, 0.3) is 0 Å². The first-order chi connectivity index (χ1) is 8.74. The molecule has 0 amide bonds. The van der Waals surface area contributed by atoms with E-state index >= 15 is 0 Å². The Hall–Kier alpha value is -1.94. The molecule has 4 heteroatoms. The Bertz CT molecular complexity index is 566. The van der Waals surface area contributed by atoms with Crippen LogP contribution in [0.4, 0.5) is 0 Å². The fraction of sp³-hybridized carbons (Fsp3) is 0.286. The number of rotatable bonds is 4. The van der Waals surface area contributed by atoms with Crippen LogP contribution in [0.1, 0.15) is 5.56 Å². The van der Waals surface area contributed by atoms with Crippen molar-refractivity contribution in [2.24, 2.45) is 5.73 Å². The zero-order valence-electron chi connectivity index (χ0n) is 10.8. The standard InChI is InChI=1S/C14H17NO3/c1-16-12-7-10-6-9(8-15)4-5-11(10)13(17-2)14(12)18-3/h4-7H,8,15H2,1-3H3. The minimum atomic E-state index is 0.507. The molecule has 0 saturated heterocycles. The second kappa shape index (κ2) is 5.14. The lowest BCUT2D eigenvalue weighted by atomic mass is 10.0. The van der Waals surface area contributed by atoms with E-state index in [0.717, 1.165) is 16.3 Å². The predicted octanol–water partition coefficient (Wildman–Crippen LogP) is 2.32. The Labute approximate surface area is 106 Å². The molecule has 2 N–H and O–H groups in total. The van der Waals surface area contributed by atoms with E-state index in [2.05, 4.69) is 0 Å². The zero-order chi connectivity index (χ0) is 13.1. The molecule has 18 heavy (non-hydrogen) atoms. The van der Waals surface area contributed by atoms with E-state index < -0.39 is 0 Å². The number of nitrogens with two attached hydrogens (primary N) is 1. The zero-order valence-corrected chi connectivity index (χ0v) is 10.8. The van der Waals surface area contributed by atoms with Crippen molar-refractivity contribution < 1.29 is 14.2 Å². The summed E-state index contributed by atoms with van der Waals surface area (Å²) in [7, 11) is 4.82. The van der Waals surface area contributed by atoms with Gasteiger partial charge in [-0.25, -0.2) is 0 Å². The van der Waals surface area contributed by atoms with Gasteiger partial charge < -0.3 is 19.9 Å². The first kappa shape index (κ1) is 12.5. The third kappa shape index (κ3) is 1.95. The highest BCUT2D eigenvalue weighted by molar-refractivity contribution is 5.93. The summed E-state index contributed by atoms with van der Waals surface area (Å²) in [5, 5.41) is 2.00. The van der Waals surface area contributed by atoms with Gasteiger partial charge in [0.1, 0.15) is 0 Å². The molecule has 0 heterocycles. The fourth-order valence-corrected chi connectivity index (χ4v) is 2.05. The quantitative estimate of drug-likeness (QED) is 0.900. The predicted molar refractivity (Wildman–Crippen MR) is 71.5 cm³/mol. The van der Waals surface area contributed by atoms with Gasteiger partial charge in [-0.1, -0.05) is 12.1 Å². The molecule has 0 bridgehead atoms. The molecule has 2 rings (SSSR count). The monoisotopic (exact) mass is 247 g/mol. The van der Waals surface area contributed by atoms with Crippen molar-refractivity contribution in [2.75, 3.05) is 21.3 Å². The SMILES string of the molecule is COc1cc2cc(CN)ccc2c(OC)c1OC. The largest absolute Gasteiger partial charge is 0.493 e. The minimum absolute atomic E-state index is 0.507. The van der Waals surface area contributed by atoms with E-state index in [1.54, 1.807) is 21.3 Å². The Morgan fingerprint density at radius 1 is 0.944 bits per heavy atom. The first-order valence-corrected chi connectivity index (χ1v) is 5.66. The number of fused-ring (bicyclic) bond motifs is 1. The molecule has 0 aromatic heterocycles. The molecule has 0 atom stereocenters. The maximum atomic E-state index is 5.65. The molecular formula is C14H17NO3. The third-order valence-electron chi connectivity index (χ3n) is 2.94. The Morgan fingerprint density at radius 3 is 2.22 bits per heavy atom. The van der Waals surface area contributed by atoms with Gasteiger partial charge in [0.15, 0.2) is 11.5 Å². The second-order valence-electron chi connectivity index (χ2n) is 3.90. The molecule has 2 aromatic carbocycles.